The van der Waals surface area contributed by atoms with Crippen molar-refractivity contribution < 1.29 is 0 Å². The summed E-state index contributed by atoms with van der Waals surface area (Å²) in [5.41, 5.74) is 9.25. The largest absolute Gasteiger partial charge is 0.382 e. The highest BCUT2D eigenvalue weighted by Gasteiger charge is 2.06. The van der Waals surface area contributed by atoms with Crippen LogP contribution in [0.15, 0.2) is 29.5 Å². The molecule has 0 aliphatic carbocycles. The summed E-state index contributed by atoms with van der Waals surface area (Å²) < 4.78 is 1.84. The Bertz CT molecular complexity index is 629. The summed E-state index contributed by atoms with van der Waals surface area (Å²) in [5, 5.41) is 5.17. The van der Waals surface area contributed by atoms with Crippen molar-refractivity contribution in [3.05, 3.63) is 35.2 Å². The summed E-state index contributed by atoms with van der Waals surface area (Å²) >= 11 is 1.57. The maximum atomic E-state index is 5.72. The Hall–Kier alpha value is -2.15. The molecule has 3 aromatic heterocycles. The van der Waals surface area contributed by atoms with Gasteiger partial charge in [0, 0.05) is 17.8 Å². The van der Waals surface area contributed by atoms with E-state index in [-0.39, 0.29) is 0 Å². The number of nitrogens with two attached hydrogens (primary N) is 1. The summed E-state index contributed by atoms with van der Waals surface area (Å²) in [6, 6.07) is 0. The van der Waals surface area contributed by atoms with Crippen molar-refractivity contribution in [1.82, 2.24) is 19.4 Å². The first-order chi connectivity index (χ1) is 8.33. The summed E-state index contributed by atoms with van der Waals surface area (Å²) in [5.74, 6) is 1.12. The lowest BCUT2D eigenvalue weighted by molar-refractivity contribution is 1.04. The molecular formula is C10H10N6S. The Morgan fingerprint density at radius 3 is 3.18 bits per heavy atom. The number of anilines is 2. The van der Waals surface area contributed by atoms with E-state index in [4.69, 9.17) is 5.73 Å². The van der Waals surface area contributed by atoms with Gasteiger partial charge < -0.3 is 15.5 Å². The number of rotatable bonds is 3. The summed E-state index contributed by atoms with van der Waals surface area (Å²) in [6.07, 6.45) is 5.28. The highest BCUT2D eigenvalue weighted by atomic mass is 32.1. The molecule has 0 amide bonds. The second kappa shape index (κ2) is 4.02. The predicted octanol–water partition coefficient (Wildman–Crippen LogP) is 1.38. The van der Waals surface area contributed by atoms with E-state index in [0.717, 1.165) is 11.3 Å². The van der Waals surface area contributed by atoms with Crippen molar-refractivity contribution in [2.24, 2.45) is 0 Å². The zero-order valence-electron chi connectivity index (χ0n) is 8.87. The lowest BCUT2D eigenvalue weighted by Gasteiger charge is -2.06. The van der Waals surface area contributed by atoms with E-state index in [9.17, 15) is 0 Å². The molecule has 0 aromatic carbocycles. The van der Waals surface area contributed by atoms with Crippen molar-refractivity contribution in [1.29, 1.82) is 0 Å². The zero-order chi connectivity index (χ0) is 11.7. The van der Waals surface area contributed by atoms with E-state index in [1.165, 1.54) is 0 Å². The summed E-state index contributed by atoms with van der Waals surface area (Å²) in [7, 11) is 0. The molecule has 0 fully saturated rings. The van der Waals surface area contributed by atoms with Gasteiger partial charge in [-0.2, -0.15) is 0 Å². The molecule has 0 spiro atoms. The Kier molecular flexibility index (Phi) is 2.37. The SMILES string of the molecule is Nc1cn2ccnc2c(NCc2cscn2)n1. The topological polar surface area (TPSA) is 81.1 Å². The van der Waals surface area contributed by atoms with Gasteiger partial charge in [-0.3, -0.25) is 0 Å². The molecule has 3 rings (SSSR count). The van der Waals surface area contributed by atoms with Gasteiger partial charge in [0.2, 0.25) is 0 Å². The zero-order valence-corrected chi connectivity index (χ0v) is 9.68. The van der Waals surface area contributed by atoms with Crippen LogP contribution in [-0.2, 0) is 6.54 Å². The van der Waals surface area contributed by atoms with Crippen LogP contribution in [0.1, 0.15) is 5.69 Å². The summed E-state index contributed by atoms with van der Waals surface area (Å²) in [6.45, 7) is 0.614. The molecule has 0 bridgehead atoms. The Morgan fingerprint density at radius 1 is 1.41 bits per heavy atom. The molecule has 3 heterocycles. The van der Waals surface area contributed by atoms with Crippen molar-refractivity contribution in [2.75, 3.05) is 11.1 Å². The maximum absolute atomic E-state index is 5.72. The minimum Gasteiger partial charge on any atom is -0.382 e. The molecule has 7 heteroatoms. The number of fused-ring (bicyclic) bond motifs is 1. The first kappa shape index (κ1) is 10.0. The molecule has 3 aromatic rings. The molecule has 6 nitrogen and oxygen atoms in total. The number of aromatic nitrogens is 4. The number of nitrogens with zero attached hydrogens (tertiary/aromatic N) is 4. The second-order valence-corrected chi connectivity index (χ2v) is 4.22. The fraction of sp³-hybridized carbons (Fsp3) is 0.100. The van der Waals surface area contributed by atoms with Crippen LogP contribution in [0.3, 0.4) is 0 Å². The van der Waals surface area contributed by atoms with E-state index >= 15 is 0 Å². The summed E-state index contributed by atoms with van der Waals surface area (Å²) in [4.78, 5) is 12.6. The molecule has 0 aliphatic rings. The van der Waals surface area contributed by atoms with Crippen LogP contribution in [0.5, 0.6) is 0 Å². The number of hydrogen-bond acceptors (Lipinski definition) is 6. The maximum Gasteiger partial charge on any atom is 0.180 e. The molecule has 86 valence electrons. The van der Waals surface area contributed by atoms with Gasteiger partial charge in [-0.1, -0.05) is 0 Å². The number of nitrogens with one attached hydrogen (secondary N) is 1. The molecule has 3 N–H and O–H groups in total. The predicted molar refractivity (Wildman–Crippen MR) is 66.8 cm³/mol. The average molecular weight is 246 g/mol. The van der Waals surface area contributed by atoms with Gasteiger partial charge in [0.05, 0.1) is 23.9 Å². The molecule has 0 saturated heterocycles. The quantitative estimate of drug-likeness (QED) is 0.729. The number of thiazole rings is 1. The van der Waals surface area contributed by atoms with Crippen LogP contribution in [0.4, 0.5) is 11.6 Å². The third-order valence-corrected chi connectivity index (χ3v) is 2.95. The highest BCUT2D eigenvalue weighted by molar-refractivity contribution is 7.07. The third kappa shape index (κ3) is 1.92. The minimum absolute atomic E-state index is 0.455. The van der Waals surface area contributed by atoms with Crippen LogP contribution >= 0.6 is 11.3 Å². The van der Waals surface area contributed by atoms with Crippen LogP contribution in [0.25, 0.3) is 5.65 Å². The van der Waals surface area contributed by atoms with E-state index < -0.39 is 0 Å². The molecule has 17 heavy (non-hydrogen) atoms. The lowest BCUT2D eigenvalue weighted by Crippen LogP contribution is -2.06. The Labute approximate surface area is 101 Å². The fourth-order valence-electron chi connectivity index (χ4n) is 1.57. The first-order valence-corrected chi connectivity index (χ1v) is 5.97. The van der Waals surface area contributed by atoms with Gasteiger partial charge in [0.15, 0.2) is 11.5 Å². The fourth-order valence-corrected chi connectivity index (χ4v) is 2.13. The van der Waals surface area contributed by atoms with Crippen molar-refractivity contribution in [3.8, 4) is 0 Å². The molecule has 0 aliphatic heterocycles. The minimum atomic E-state index is 0.455. The molecule has 0 saturated carbocycles. The van der Waals surface area contributed by atoms with Crippen LogP contribution < -0.4 is 11.1 Å². The Balaban J connectivity index is 1.91. The molecule has 0 unspecified atom stereocenters. The number of hydrogen-bond donors (Lipinski definition) is 2. The second-order valence-electron chi connectivity index (χ2n) is 3.51. The Morgan fingerprint density at radius 2 is 2.35 bits per heavy atom. The third-order valence-electron chi connectivity index (χ3n) is 2.31. The van der Waals surface area contributed by atoms with Crippen molar-refractivity contribution >= 4 is 28.6 Å². The molecule has 0 radical (unpaired) electrons. The van der Waals surface area contributed by atoms with Gasteiger partial charge in [0.25, 0.3) is 0 Å². The van der Waals surface area contributed by atoms with Crippen LogP contribution in [0.2, 0.25) is 0 Å². The van der Waals surface area contributed by atoms with E-state index in [2.05, 4.69) is 20.3 Å². The van der Waals surface area contributed by atoms with Crippen molar-refractivity contribution in [2.45, 2.75) is 6.54 Å². The average Bonchev–Trinajstić information content (AvgIpc) is 2.95. The monoisotopic (exact) mass is 246 g/mol. The lowest BCUT2D eigenvalue weighted by atomic mass is 10.4. The van der Waals surface area contributed by atoms with Crippen molar-refractivity contribution in [3.63, 3.8) is 0 Å². The smallest absolute Gasteiger partial charge is 0.180 e. The molecular weight excluding hydrogens is 236 g/mol. The molecule has 0 atom stereocenters. The first-order valence-electron chi connectivity index (χ1n) is 5.03. The highest BCUT2D eigenvalue weighted by Crippen LogP contribution is 2.15. The van der Waals surface area contributed by atoms with Crippen LogP contribution in [0, 0.1) is 0 Å². The van der Waals surface area contributed by atoms with E-state index in [1.54, 1.807) is 29.2 Å². The van der Waals surface area contributed by atoms with Gasteiger partial charge in [-0.15, -0.1) is 11.3 Å². The van der Waals surface area contributed by atoms with Gasteiger partial charge in [0.1, 0.15) is 5.82 Å². The van der Waals surface area contributed by atoms with Gasteiger partial charge >= 0.3 is 0 Å². The van der Waals surface area contributed by atoms with Gasteiger partial charge in [-0.25, -0.2) is 15.0 Å². The standard InChI is InChI=1S/C10H10N6S/c11-8-4-16-2-1-12-10(16)9(15-8)13-3-7-5-17-6-14-7/h1-2,4-6H,3,11H2,(H,13,15). The van der Waals surface area contributed by atoms with E-state index in [1.807, 2.05) is 16.0 Å². The number of imidazole rings is 1. The van der Waals surface area contributed by atoms with Crippen LogP contribution in [-0.4, -0.2) is 19.4 Å². The van der Waals surface area contributed by atoms with Gasteiger partial charge in [-0.05, 0) is 0 Å². The number of nitrogen functional groups attached to an aromatic ring is 1. The normalized spacial score (nSPS) is 10.8. The van der Waals surface area contributed by atoms with E-state index in [0.29, 0.717) is 18.2 Å².